The van der Waals surface area contributed by atoms with E-state index < -0.39 is 6.23 Å². The first-order chi connectivity index (χ1) is 14.5. The number of halogens is 1. The topological polar surface area (TPSA) is 79.7 Å². The van der Waals surface area contributed by atoms with E-state index in [0.29, 0.717) is 46.7 Å². The molecule has 1 aromatic carbocycles. The van der Waals surface area contributed by atoms with Gasteiger partial charge in [0.2, 0.25) is 6.23 Å². The van der Waals surface area contributed by atoms with Crippen LogP contribution in [-0.4, -0.2) is 35.7 Å². The third-order valence-electron chi connectivity index (χ3n) is 4.72. The standard InChI is InChI=1S/C21H19ClN2O5S/c1-12(25)14-9-24-17(7-18(14)26)13-6-15(22)20(28-5-3-4-27-2)8-19(13)29-21(24)16-10-30-11-23-16/h6-11,21H,3-5H2,1-2H3/t21-/m0/s1. The summed E-state index contributed by atoms with van der Waals surface area (Å²) < 4.78 is 18.8. The summed E-state index contributed by atoms with van der Waals surface area (Å²) in [6.07, 6.45) is 1.62. The van der Waals surface area contributed by atoms with Crippen LogP contribution >= 0.6 is 22.9 Å². The number of carbonyl (C=O) groups is 1. The van der Waals surface area contributed by atoms with E-state index in [0.717, 1.165) is 6.42 Å². The first-order valence-electron chi connectivity index (χ1n) is 9.27. The van der Waals surface area contributed by atoms with Crippen molar-refractivity contribution < 1.29 is 19.0 Å². The van der Waals surface area contributed by atoms with Crippen LogP contribution in [0.1, 0.15) is 35.6 Å². The molecular weight excluding hydrogens is 428 g/mol. The fourth-order valence-corrected chi connectivity index (χ4v) is 4.05. The van der Waals surface area contributed by atoms with Crippen molar-refractivity contribution >= 4 is 28.7 Å². The van der Waals surface area contributed by atoms with Crippen LogP contribution in [0.3, 0.4) is 0 Å². The Kier molecular flexibility index (Phi) is 5.90. The van der Waals surface area contributed by atoms with E-state index >= 15 is 0 Å². The summed E-state index contributed by atoms with van der Waals surface area (Å²) in [6.45, 7) is 2.39. The third kappa shape index (κ3) is 3.86. The van der Waals surface area contributed by atoms with Crippen LogP contribution in [0.2, 0.25) is 5.02 Å². The SMILES string of the molecule is COCCCOc1cc2c(cc1Cl)-c1cc(=O)c(C(C)=O)cn1[C@H](c1cscn1)O2. The van der Waals surface area contributed by atoms with Gasteiger partial charge in [-0.15, -0.1) is 11.3 Å². The molecule has 0 saturated carbocycles. The molecule has 3 heterocycles. The zero-order valence-electron chi connectivity index (χ0n) is 16.4. The van der Waals surface area contributed by atoms with Crippen molar-refractivity contribution in [3.8, 4) is 22.8 Å². The highest BCUT2D eigenvalue weighted by molar-refractivity contribution is 7.07. The van der Waals surface area contributed by atoms with Crippen molar-refractivity contribution in [3.05, 3.63) is 61.8 Å². The van der Waals surface area contributed by atoms with E-state index in [4.69, 9.17) is 25.8 Å². The Balaban J connectivity index is 1.81. The molecule has 3 aromatic rings. The van der Waals surface area contributed by atoms with Crippen molar-refractivity contribution in [2.75, 3.05) is 20.3 Å². The van der Waals surface area contributed by atoms with Gasteiger partial charge in [-0.3, -0.25) is 9.59 Å². The number of thiazole rings is 1. The van der Waals surface area contributed by atoms with Gasteiger partial charge in [-0.25, -0.2) is 4.98 Å². The summed E-state index contributed by atoms with van der Waals surface area (Å²) in [5, 5.41) is 2.26. The van der Waals surface area contributed by atoms with Gasteiger partial charge in [-0.1, -0.05) is 11.6 Å². The Hall–Kier alpha value is -2.68. The van der Waals surface area contributed by atoms with Gasteiger partial charge in [0.15, 0.2) is 11.2 Å². The number of ketones is 1. The molecule has 0 aliphatic carbocycles. The maximum absolute atomic E-state index is 12.5. The first kappa shape index (κ1) is 20.6. The zero-order valence-corrected chi connectivity index (χ0v) is 18.0. The van der Waals surface area contributed by atoms with Crippen molar-refractivity contribution in [1.82, 2.24) is 9.55 Å². The Morgan fingerprint density at radius 2 is 2.17 bits per heavy atom. The van der Waals surface area contributed by atoms with Crippen LogP contribution in [0.4, 0.5) is 0 Å². The molecule has 4 rings (SSSR count). The number of aromatic nitrogens is 2. The smallest absolute Gasteiger partial charge is 0.220 e. The molecule has 2 aromatic heterocycles. The predicted octanol–water partition coefficient (Wildman–Crippen LogP) is 4.18. The van der Waals surface area contributed by atoms with E-state index in [1.54, 1.807) is 29.3 Å². The van der Waals surface area contributed by atoms with Crippen LogP contribution < -0.4 is 14.9 Å². The van der Waals surface area contributed by atoms with E-state index in [1.165, 1.54) is 30.5 Å². The lowest BCUT2D eigenvalue weighted by molar-refractivity contribution is 0.101. The fraction of sp³-hybridized carbons (Fsp3) is 0.286. The normalized spacial score (nSPS) is 14.6. The maximum atomic E-state index is 12.5. The minimum absolute atomic E-state index is 0.0928. The van der Waals surface area contributed by atoms with Crippen LogP contribution in [0.15, 0.2) is 40.1 Å². The van der Waals surface area contributed by atoms with E-state index in [2.05, 4.69) is 4.98 Å². The Morgan fingerprint density at radius 3 is 2.87 bits per heavy atom. The van der Waals surface area contributed by atoms with Crippen molar-refractivity contribution in [2.24, 2.45) is 0 Å². The highest BCUT2D eigenvalue weighted by Crippen LogP contribution is 2.44. The second-order valence-corrected chi connectivity index (χ2v) is 7.88. The lowest BCUT2D eigenvalue weighted by atomic mass is 10.0. The van der Waals surface area contributed by atoms with Gasteiger partial charge in [0, 0.05) is 49.4 Å². The van der Waals surface area contributed by atoms with Crippen LogP contribution in [0.25, 0.3) is 11.3 Å². The molecule has 30 heavy (non-hydrogen) atoms. The number of fused-ring (bicyclic) bond motifs is 3. The number of pyridine rings is 1. The molecule has 0 unspecified atom stereocenters. The summed E-state index contributed by atoms with van der Waals surface area (Å²) in [4.78, 5) is 28.8. The van der Waals surface area contributed by atoms with Crippen LogP contribution in [-0.2, 0) is 4.74 Å². The second kappa shape index (κ2) is 8.59. The average molecular weight is 447 g/mol. The van der Waals surface area contributed by atoms with Gasteiger partial charge in [-0.05, 0) is 13.0 Å². The van der Waals surface area contributed by atoms with Crippen molar-refractivity contribution in [2.45, 2.75) is 19.6 Å². The molecule has 0 fully saturated rings. The lowest BCUT2D eigenvalue weighted by Gasteiger charge is -2.31. The number of Topliss-reactive ketones (excluding diaryl/α,β-unsaturated/α-hetero) is 1. The number of ether oxygens (including phenoxy) is 3. The van der Waals surface area contributed by atoms with Crippen LogP contribution in [0.5, 0.6) is 11.5 Å². The molecule has 7 nitrogen and oxygen atoms in total. The zero-order chi connectivity index (χ0) is 21.3. The van der Waals surface area contributed by atoms with Gasteiger partial charge in [-0.2, -0.15) is 0 Å². The van der Waals surface area contributed by atoms with Crippen molar-refractivity contribution in [3.63, 3.8) is 0 Å². The number of carbonyl (C=O) groups excluding carboxylic acids is 1. The quantitative estimate of drug-likeness (QED) is 0.400. The Morgan fingerprint density at radius 1 is 1.33 bits per heavy atom. The highest BCUT2D eigenvalue weighted by Gasteiger charge is 2.30. The van der Waals surface area contributed by atoms with Gasteiger partial charge in [0.25, 0.3) is 0 Å². The monoisotopic (exact) mass is 446 g/mol. The summed E-state index contributed by atoms with van der Waals surface area (Å²) in [5.74, 6) is 0.699. The number of hydrogen-bond acceptors (Lipinski definition) is 7. The van der Waals surface area contributed by atoms with Gasteiger partial charge < -0.3 is 18.8 Å². The molecule has 0 amide bonds. The highest BCUT2D eigenvalue weighted by atomic mass is 35.5. The van der Waals surface area contributed by atoms with Gasteiger partial charge in [0.05, 0.1) is 28.4 Å². The van der Waals surface area contributed by atoms with Gasteiger partial charge in [0.1, 0.15) is 17.2 Å². The molecule has 1 aliphatic heterocycles. The number of nitrogens with zero attached hydrogens (tertiary/aromatic N) is 2. The number of benzene rings is 1. The summed E-state index contributed by atoms with van der Waals surface area (Å²) in [6, 6.07) is 4.86. The predicted molar refractivity (Wildman–Crippen MR) is 114 cm³/mol. The number of rotatable bonds is 7. The molecule has 0 bridgehead atoms. The average Bonchev–Trinajstić information content (AvgIpc) is 3.25. The van der Waals surface area contributed by atoms with E-state index in [9.17, 15) is 9.59 Å². The molecule has 156 valence electrons. The molecule has 1 atom stereocenters. The molecule has 0 radical (unpaired) electrons. The summed E-state index contributed by atoms with van der Waals surface area (Å²) in [7, 11) is 1.63. The Bertz CT molecular complexity index is 1140. The summed E-state index contributed by atoms with van der Waals surface area (Å²) in [5.41, 5.74) is 3.35. The molecule has 1 aliphatic rings. The van der Waals surface area contributed by atoms with E-state index in [1.807, 2.05) is 5.38 Å². The molecular formula is C21H19ClN2O5S. The fourth-order valence-electron chi connectivity index (χ4n) is 3.28. The largest absolute Gasteiger partial charge is 0.492 e. The number of methoxy groups -OCH3 is 1. The minimum atomic E-state index is -0.625. The van der Waals surface area contributed by atoms with Crippen molar-refractivity contribution in [1.29, 1.82) is 0 Å². The second-order valence-electron chi connectivity index (χ2n) is 6.76. The third-order valence-corrected chi connectivity index (χ3v) is 5.62. The lowest BCUT2D eigenvalue weighted by Crippen LogP contribution is -2.27. The molecule has 9 heteroatoms. The Labute approximate surface area is 181 Å². The minimum Gasteiger partial charge on any atom is -0.492 e. The molecule has 0 spiro atoms. The van der Waals surface area contributed by atoms with E-state index in [-0.39, 0.29) is 16.8 Å². The molecule has 0 N–H and O–H groups in total. The first-order valence-corrected chi connectivity index (χ1v) is 10.6. The summed E-state index contributed by atoms with van der Waals surface area (Å²) >= 11 is 7.87. The number of hydrogen-bond donors (Lipinski definition) is 0. The maximum Gasteiger partial charge on any atom is 0.220 e. The van der Waals surface area contributed by atoms with Crippen LogP contribution in [0, 0.1) is 0 Å². The molecule has 0 saturated heterocycles. The van der Waals surface area contributed by atoms with Gasteiger partial charge >= 0.3 is 0 Å².